The molecule has 1 aliphatic carbocycles. The van der Waals surface area contributed by atoms with Crippen molar-refractivity contribution in [3.05, 3.63) is 48.3 Å². The molecular formula is C25H29F2N5O3. The lowest BCUT2D eigenvalue weighted by Gasteiger charge is -2.29. The molecule has 2 atom stereocenters. The van der Waals surface area contributed by atoms with Gasteiger partial charge in [-0.25, -0.2) is 4.98 Å². The maximum absolute atomic E-state index is 13.7. The number of morpholine rings is 1. The molecular weight excluding hydrogens is 456 g/mol. The molecule has 35 heavy (non-hydrogen) atoms. The number of aromatic nitrogens is 3. The number of fused-ring (bicyclic) bond motifs is 1. The number of carbonyl (C=O) groups is 1. The lowest BCUT2D eigenvalue weighted by Crippen LogP contribution is -2.46. The van der Waals surface area contributed by atoms with Crippen LogP contribution in [0.1, 0.15) is 38.3 Å². The van der Waals surface area contributed by atoms with Crippen LogP contribution in [-0.4, -0.2) is 65.0 Å². The van der Waals surface area contributed by atoms with Crippen LogP contribution in [0.25, 0.3) is 10.9 Å². The van der Waals surface area contributed by atoms with E-state index < -0.39 is 23.9 Å². The molecule has 1 saturated heterocycles. The van der Waals surface area contributed by atoms with E-state index in [4.69, 9.17) is 9.47 Å². The van der Waals surface area contributed by atoms with Crippen molar-refractivity contribution in [1.29, 1.82) is 0 Å². The molecule has 186 valence electrons. The second kappa shape index (κ2) is 9.41. The first-order valence-electron chi connectivity index (χ1n) is 11.9. The van der Waals surface area contributed by atoms with Gasteiger partial charge in [0.1, 0.15) is 6.10 Å². The van der Waals surface area contributed by atoms with Gasteiger partial charge in [-0.1, -0.05) is 0 Å². The van der Waals surface area contributed by atoms with Crippen LogP contribution in [-0.2, 0) is 9.53 Å². The van der Waals surface area contributed by atoms with Gasteiger partial charge in [0.15, 0.2) is 0 Å². The molecule has 0 spiro atoms. The summed E-state index contributed by atoms with van der Waals surface area (Å²) < 4.78 is 40.3. The van der Waals surface area contributed by atoms with Crippen LogP contribution in [0, 0.1) is 0 Å². The average molecular weight is 486 g/mol. The molecule has 1 aliphatic heterocycles. The molecule has 1 amide bonds. The smallest absolute Gasteiger partial charge is 0.321 e. The molecule has 1 aromatic carbocycles. The summed E-state index contributed by atoms with van der Waals surface area (Å²) in [5.41, 5.74) is 2.63. The molecule has 2 aliphatic rings. The molecule has 1 unspecified atom stereocenters. The Balaban J connectivity index is 1.48. The molecule has 0 bridgehead atoms. The van der Waals surface area contributed by atoms with Gasteiger partial charge in [-0.15, -0.1) is 0 Å². The zero-order chi connectivity index (χ0) is 24.6. The Hall–Kier alpha value is -3.27. The van der Waals surface area contributed by atoms with E-state index in [2.05, 4.69) is 26.4 Å². The van der Waals surface area contributed by atoms with Crippen LogP contribution in [0.2, 0.25) is 0 Å². The zero-order valence-electron chi connectivity index (χ0n) is 19.8. The minimum absolute atomic E-state index is 0.213. The summed E-state index contributed by atoms with van der Waals surface area (Å²) in [6.07, 6.45) is 5.67. The molecule has 3 heterocycles. The Labute approximate surface area is 202 Å². The number of anilines is 1. The number of rotatable bonds is 8. The standard InChI is InChI=1S/C25H29F2N5O3/c1-16(30-24(33)25(2,26)27)23(17-3-8-22(28-14-17)35-20-5-6-20)32-21-7-4-19(13-18(21)15-29-32)31-9-11-34-12-10-31/h3-4,7-8,13-16,20,23H,5-6,9-12H2,1-2H3,(H,30,33)/t16?,23-/m0/s1. The minimum atomic E-state index is -3.49. The van der Waals surface area contributed by atoms with Crippen molar-refractivity contribution in [3.63, 3.8) is 0 Å². The van der Waals surface area contributed by atoms with Crippen molar-refractivity contribution in [1.82, 2.24) is 20.1 Å². The second-order valence-electron chi connectivity index (χ2n) is 9.27. The number of hydrogen-bond donors (Lipinski definition) is 1. The second-order valence-corrected chi connectivity index (χ2v) is 9.27. The predicted octanol–water partition coefficient (Wildman–Crippen LogP) is 3.56. The highest BCUT2D eigenvalue weighted by Crippen LogP contribution is 2.31. The Bertz CT molecular complexity index is 1180. The van der Waals surface area contributed by atoms with Gasteiger partial charge in [0.05, 0.1) is 37.0 Å². The Kier molecular flexibility index (Phi) is 6.31. The van der Waals surface area contributed by atoms with Gasteiger partial charge in [-0.05, 0) is 49.6 Å². The molecule has 10 heteroatoms. The number of pyridine rings is 1. The van der Waals surface area contributed by atoms with E-state index in [1.165, 1.54) is 0 Å². The fraction of sp³-hybridized carbons (Fsp3) is 0.480. The number of nitrogens with one attached hydrogen (secondary N) is 1. The first kappa shape index (κ1) is 23.5. The number of alkyl halides is 2. The van der Waals surface area contributed by atoms with Gasteiger partial charge in [0, 0.05) is 43.4 Å². The van der Waals surface area contributed by atoms with E-state index >= 15 is 0 Å². The van der Waals surface area contributed by atoms with Gasteiger partial charge in [-0.2, -0.15) is 13.9 Å². The Morgan fingerprint density at radius 3 is 2.63 bits per heavy atom. The van der Waals surface area contributed by atoms with Crippen molar-refractivity contribution in [2.75, 3.05) is 31.2 Å². The number of benzene rings is 1. The first-order valence-corrected chi connectivity index (χ1v) is 11.9. The summed E-state index contributed by atoms with van der Waals surface area (Å²) in [6, 6.07) is 8.43. The highest BCUT2D eigenvalue weighted by molar-refractivity contribution is 5.84. The lowest BCUT2D eigenvalue weighted by atomic mass is 10.0. The van der Waals surface area contributed by atoms with Crippen molar-refractivity contribution in [3.8, 4) is 5.88 Å². The third-order valence-electron chi connectivity index (χ3n) is 6.36. The van der Waals surface area contributed by atoms with Crippen LogP contribution < -0.4 is 15.0 Å². The first-order chi connectivity index (χ1) is 16.8. The van der Waals surface area contributed by atoms with Crippen LogP contribution >= 0.6 is 0 Å². The van der Waals surface area contributed by atoms with Crippen LogP contribution in [0.5, 0.6) is 5.88 Å². The maximum Gasteiger partial charge on any atom is 0.321 e. The maximum atomic E-state index is 13.7. The Morgan fingerprint density at radius 2 is 1.97 bits per heavy atom. The summed E-state index contributed by atoms with van der Waals surface area (Å²) in [6.45, 7) is 5.29. The lowest BCUT2D eigenvalue weighted by molar-refractivity contribution is -0.143. The van der Waals surface area contributed by atoms with E-state index in [9.17, 15) is 13.6 Å². The van der Waals surface area contributed by atoms with E-state index in [1.807, 2.05) is 18.2 Å². The Morgan fingerprint density at radius 1 is 1.20 bits per heavy atom. The zero-order valence-corrected chi connectivity index (χ0v) is 19.8. The average Bonchev–Trinajstić information content (AvgIpc) is 3.57. The number of hydrogen-bond acceptors (Lipinski definition) is 6. The fourth-order valence-corrected chi connectivity index (χ4v) is 4.33. The molecule has 2 aromatic heterocycles. The van der Waals surface area contributed by atoms with Gasteiger partial charge < -0.3 is 19.7 Å². The van der Waals surface area contributed by atoms with Gasteiger partial charge >= 0.3 is 5.92 Å². The quantitative estimate of drug-likeness (QED) is 0.526. The number of carbonyl (C=O) groups excluding carboxylic acids is 1. The van der Waals surface area contributed by atoms with Gasteiger partial charge in [-0.3, -0.25) is 9.48 Å². The van der Waals surface area contributed by atoms with Crippen molar-refractivity contribution in [2.45, 2.75) is 50.8 Å². The SMILES string of the molecule is CC(NC(=O)C(C)(F)F)[C@@H](c1ccc(OC2CC2)nc1)n1ncc2cc(N3CCOCC3)ccc21. The summed E-state index contributed by atoms with van der Waals surface area (Å²) >= 11 is 0. The predicted molar refractivity (Wildman–Crippen MR) is 127 cm³/mol. The molecule has 2 fully saturated rings. The van der Waals surface area contributed by atoms with E-state index in [1.54, 1.807) is 30.1 Å². The number of halogens is 2. The van der Waals surface area contributed by atoms with E-state index in [0.29, 0.717) is 26.0 Å². The largest absolute Gasteiger partial charge is 0.474 e. The molecule has 3 aromatic rings. The number of amides is 1. The number of ether oxygens (including phenoxy) is 2. The van der Waals surface area contributed by atoms with Crippen molar-refractivity contribution < 1.29 is 23.0 Å². The monoisotopic (exact) mass is 485 g/mol. The summed E-state index contributed by atoms with van der Waals surface area (Å²) in [7, 11) is 0. The molecule has 8 nitrogen and oxygen atoms in total. The topological polar surface area (TPSA) is 81.5 Å². The summed E-state index contributed by atoms with van der Waals surface area (Å²) in [5, 5.41) is 7.98. The molecule has 1 N–H and O–H groups in total. The molecule has 5 rings (SSSR count). The van der Waals surface area contributed by atoms with Crippen LogP contribution in [0.3, 0.4) is 0 Å². The highest BCUT2D eigenvalue weighted by Gasteiger charge is 2.35. The van der Waals surface area contributed by atoms with Gasteiger partial charge in [0.25, 0.3) is 5.91 Å². The highest BCUT2D eigenvalue weighted by atomic mass is 19.3. The summed E-state index contributed by atoms with van der Waals surface area (Å²) in [4.78, 5) is 18.8. The third-order valence-corrected chi connectivity index (χ3v) is 6.36. The fourth-order valence-electron chi connectivity index (χ4n) is 4.33. The summed E-state index contributed by atoms with van der Waals surface area (Å²) in [5.74, 6) is -4.30. The van der Waals surface area contributed by atoms with Gasteiger partial charge in [0.2, 0.25) is 5.88 Å². The van der Waals surface area contributed by atoms with Crippen LogP contribution in [0.15, 0.2) is 42.7 Å². The van der Waals surface area contributed by atoms with E-state index in [0.717, 1.165) is 48.1 Å². The van der Waals surface area contributed by atoms with Crippen LogP contribution in [0.4, 0.5) is 14.5 Å². The third kappa shape index (κ3) is 5.22. The van der Waals surface area contributed by atoms with Crippen molar-refractivity contribution in [2.24, 2.45) is 0 Å². The van der Waals surface area contributed by atoms with E-state index in [-0.39, 0.29) is 6.10 Å². The molecule has 0 radical (unpaired) electrons. The number of nitrogens with zero attached hydrogens (tertiary/aromatic N) is 4. The minimum Gasteiger partial charge on any atom is -0.474 e. The van der Waals surface area contributed by atoms with Crippen molar-refractivity contribution >= 4 is 22.5 Å². The normalized spacial score (nSPS) is 18.3. The molecule has 1 saturated carbocycles.